The molecule has 8 nitrogen and oxygen atoms in total. The normalized spacial score (nSPS) is 21.6. The number of rotatable bonds is 7. The first-order valence-electron chi connectivity index (χ1n) is 10.6. The molecule has 0 aliphatic heterocycles. The Kier molecular flexibility index (Phi) is 5.79. The number of ether oxygens (including phenoxy) is 1. The molecule has 2 aliphatic carbocycles. The van der Waals surface area contributed by atoms with Gasteiger partial charge >= 0.3 is 6.18 Å². The van der Waals surface area contributed by atoms with E-state index < -0.39 is 68.5 Å². The molecule has 0 aromatic carbocycles. The number of carbonyl (C=O) groups excluding carboxylic acids is 1. The quantitative estimate of drug-likeness (QED) is 0.516. The number of aromatic nitrogens is 3. The molecule has 2 saturated carbocycles. The summed E-state index contributed by atoms with van der Waals surface area (Å²) in [6.45, 7) is 1.18. The molecule has 2 fully saturated rings. The van der Waals surface area contributed by atoms with E-state index in [1.165, 1.54) is 20.1 Å². The summed E-state index contributed by atoms with van der Waals surface area (Å²) in [5.41, 5.74) is -4.95. The molecular formula is C21H24F5N5O3S. The van der Waals surface area contributed by atoms with Gasteiger partial charge in [-0.05, 0) is 30.4 Å². The van der Waals surface area contributed by atoms with Crippen molar-refractivity contribution in [3.05, 3.63) is 35.3 Å². The third-order valence-electron chi connectivity index (χ3n) is 6.27. The Morgan fingerprint density at radius 1 is 1.31 bits per heavy atom. The molecule has 1 amide bonds. The molecule has 4 rings (SSSR count). The monoisotopic (exact) mass is 521 g/mol. The molecule has 2 aliphatic rings. The number of hydrogen-bond acceptors (Lipinski definition) is 6. The van der Waals surface area contributed by atoms with Crippen molar-refractivity contribution in [2.45, 2.75) is 61.9 Å². The molecule has 2 N–H and O–H groups in total. The van der Waals surface area contributed by atoms with E-state index in [0.717, 1.165) is 23.2 Å². The standard InChI is InChI=1S/C21H24F5N5O3S/c1-18(9-20(22,23)10-18)11-31-15(14(21(24,25)26)16(30-31)19(34-2)5-6-19)17(32)29-12-4-7-28-13(8-12)35(3,27)33/h4,7-8,27H,5-6,9-11H2,1-3H3,(H,28,29,32)/t35-/m0/s1. The molecule has 0 radical (unpaired) electrons. The average Bonchev–Trinajstić information content (AvgIpc) is 3.39. The first-order chi connectivity index (χ1) is 16.0. The molecule has 0 bridgehead atoms. The minimum atomic E-state index is -4.98. The topological polar surface area (TPSA) is 110 Å². The van der Waals surface area contributed by atoms with Crippen LogP contribution in [0.3, 0.4) is 0 Å². The molecule has 35 heavy (non-hydrogen) atoms. The zero-order valence-corrected chi connectivity index (χ0v) is 19.9. The molecule has 0 unspecified atom stereocenters. The van der Waals surface area contributed by atoms with E-state index in [1.54, 1.807) is 0 Å². The van der Waals surface area contributed by atoms with Gasteiger partial charge in [-0.2, -0.15) is 18.3 Å². The predicted octanol–water partition coefficient (Wildman–Crippen LogP) is 4.66. The third kappa shape index (κ3) is 4.90. The van der Waals surface area contributed by atoms with Gasteiger partial charge in [0.2, 0.25) is 5.92 Å². The highest BCUT2D eigenvalue weighted by Crippen LogP contribution is 2.55. The van der Waals surface area contributed by atoms with Crippen LogP contribution in [0.25, 0.3) is 0 Å². The van der Waals surface area contributed by atoms with E-state index in [-0.39, 0.29) is 30.1 Å². The number of alkyl halides is 5. The van der Waals surface area contributed by atoms with Crippen molar-refractivity contribution in [3.8, 4) is 0 Å². The molecule has 2 heterocycles. The van der Waals surface area contributed by atoms with Crippen LogP contribution in [-0.2, 0) is 32.8 Å². The van der Waals surface area contributed by atoms with Gasteiger partial charge < -0.3 is 10.1 Å². The number of carbonyl (C=O) groups is 1. The van der Waals surface area contributed by atoms with Crippen LogP contribution in [-0.4, -0.2) is 44.2 Å². The van der Waals surface area contributed by atoms with Crippen LogP contribution in [0.2, 0.25) is 0 Å². The van der Waals surface area contributed by atoms with Crippen LogP contribution >= 0.6 is 0 Å². The summed E-state index contributed by atoms with van der Waals surface area (Å²) in [5.74, 6) is -4.11. The van der Waals surface area contributed by atoms with Crippen molar-refractivity contribution >= 4 is 21.3 Å². The number of nitrogens with one attached hydrogen (secondary N) is 2. The molecular weight excluding hydrogens is 497 g/mol. The van der Waals surface area contributed by atoms with Crippen LogP contribution in [0.4, 0.5) is 27.6 Å². The maximum atomic E-state index is 14.3. The molecule has 2 aromatic rings. The van der Waals surface area contributed by atoms with Gasteiger partial charge in [0.25, 0.3) is 5.91 Å². The lowest BCUT2D eigenvalue weighted by molar-refractivity contribution is -0.160. The van der Waals surface area contributed by atoms with Crippen LogP contribution < -0.4 is 5.32 Å². The van der Waals surface area contributed by atoms with Gasteiger partial charge in [-0.25, -0.2) is 22.8 Å². The Labute approximate surface area is 198 Å². The minimum Gasteiger partial charge on any atom is -0.372 e. The Hall–Kier alpha value is -2.61. The summed E-state index contributed by atoms with van der Waals surface area (Å²) >= 11 is 0. The number of halogens is 5. The van der Waals surface area contributed by atoms with Crippen molar-refractivity contribution in [1.82, 2.24) is 14.8 Å². The van der Waals surface area contributed by atoms with Gasteiger partial charge in [-0.1, -0.05) is 6.92 Å². The van der Waals surface area contributed by atoms with Gasteiger partial charge in [0.1, 0.15) is 27.6 Å². The van der Waals surface area contributed by atoms with Crippen molar-refractivity contribution < 1.29 is 35.7 Å². The van der Waals surface area contributed by atoms with E-state index >= 15 is 0 Å². The predicted molar refractivity (Wildman–Crippen MR) is 115 cm³/mol. The molecule has 1 atom stereocenters. The number of anilines is 1. The fraction of sp³-hybridized carbons (Fsp3) is 0.571. The van der Waals surface area contributed by atoms with Crippen molar-refractivity contribution in [2.24, 2.45) is 5.41 Å². The molecule has 14 heteroatoms. The second kappa shape index (κ2) is 7.95. The highest BCUT2D eigenvalue weighted by atomic mass is 32.2. The summed E-state index contributed by atoms with van der Waals surface area (Å²) in [6.07, 6.45) is -3.27. The Morgan fingerprint density at radius 2 is 1.94 bits per heavy atom. The second-order valence-electron chi connectivity index (χ2n) is 9.63. The number of amides is 1. The number of pyridine rings is 1. The van der Waals surface area contributed by atoms with E-state index in [0.29, 0.717) is 0 Å². The summed E-state index contributed by atoms with van der Waals surface area (Å²) in [4.78, 5) is 17.0. The summed E-state index contributed by atoms with van der Waals surface area (Å²) in [6, 6.07) is 2.40. The molecule has 192 valence electrons. The maximum Gasteiger partial charge on any atom is 0.420 e. The van der Waals surface area contributed by atoms with E-state index in [9.17, 15) is 31.0 Å². The minimum absolute atomic E-state index is 0.0292. The van der Waals surface area contributed by atoms with E-state index in [1.807, 2.05) is 0 Å². The number of nitrogens with zero attached hydrogens (tertiary/aromatic N) is 3. The van der Waals surface area contributed by atoms with Gasteiger partial charge in [0.05, 0.1) is 9.73 Å². The third-order valence-corrected chi connectivity index (χ3v) is 7.29. The Balaban J connectivity index is 1.80. The average molecular weight is 522 g/mol. The van der Waals surface area contributed by atoms with Gasteiger partial charge in [-0.15, -0.1) is 0 Å². The first-order valence-corrected chi connectivity index (χ1v) is 12.6. The highest BCUT2D eigenvalue weighted by molar-refractivity contribution is 7.91. The van der Waals surface area contributed by atoms with Crippen LogP contribution in [0.15, 0.2) is 23.4 Å². The largest absolute Gasteiger partial charge is 0.420 e. The van der Waals surface area contributed by atoms with Gasteiger partial charge in [-0.3, -0.25) is 9.48 Å². The number of hydrogen-bond donors (Lipinski definition) is 2. The maximum absolute atomic E-state index is 14.3. The fourth-order valence-electron chi connectivity index (χ4n) is 4.61. The smallest absolute Gasteiger partial charge is 0.372 e. The van der Waals surface area contributed by atoms with E-state index in [2.05, 4.69) is 15.4 Å². The van der Waals surface area contributed by atoms with Crippen LogP contribution in [0.1, 0.15) is 54.4 Å². The van der Waals surface area contributed by atoms with Gasteiger partial charge in [0, 0.05) is 44.6 Å². The molecule has 2 aromatic heterocycles. The molecule has 0 spiro atoms. The Bertz CT molecular complexity index is 1280. The summed E-state index contributed by atoms with van der Waals surface area (Å²) < 4.78 is 95.9. The summed E-state index contributed by atoms with van der Waals surface area (Å²) in [7, 11) is -2.00. The first kappa shape index (κ1) is 25.5. The van der Waals surface area contributed by atoms with E-state index in [4.69, 9.17) is 9.52 Å². The second-order valence-corrected chi connectivity index (χ2v) is 11.7. The Morgan fingerprint density at radius 3 is 2.43 bits per heavy atom. The lowest BCUT2D eigenvalue weighted by atomic mass is 9.67. The van der Waals surface area contributed by atoms with Gasteiger partial charge in [0.15, 0.2) is 0 Å². The lowest BCUT2D eigenvalue weighted by Gasteiger charge is -2.44. The zero-order valence-electron chi connectivity index (χ0n) is 19.1. The van der Waals surface area contributed by atoms with Crippen LogP contribution in [0, 0.1) is 10.2 Å². The fourth-order valence-corrected chi connectivity index (χ4v) is 5.22. The van der Waals surface area contributed by atoms with Crippen molar-refractivity contribution in [2.75, 3.05) is 18.7 Å². The zero-order chi connectivity index (χ0) is 26.0. The van der Waals surface area contributed by atoms with Crippen molar-refractivity contribution in [3.63, 3.8) is 0 Å². The van der Waals surface area contributed by atoms with Crippen molar-refractivity contribution in [1.29, 1.82) is 4.78 Å². The number of methoxy groups -OCH3 is 1. The van der Waals surface area contributed by atoms with Crippen LogP contribution in [0.5, 0.6) is 0 Å². The summed E-state index contributed by atoms with van der Waals surface area (Å²) in [5, 5.41) is 6.26. The molecule has 0 saturated heterocycles. The highest BCUT2D eigenvalue weighted by Gasteiger charge is 2.57. The SMILES string of the molecule is COC1(c2nn(CC3(C)CC(F)(F)C3)c(C(=O)Nc3ccnc([S@@](C)(=N)=O)c3)c2C(F)(F)F)CC1. The lowest BCUT2D eigenvalue weighted by Crippen LogP contribution is -2.47.